The molecule has 2 atom stereocenters. The molecule has 2 N–H and O–H groups in total. The summed E-state index contributed by atoms with van der Waals surface area (Å²) in [6.07, 6.45) is 0.859. The van der Waals surface area contributed by atoms with Gasteiger partial charge in [0.05, 0.1) is 6.10 Å². The van der Waals surface area contributed by atoms with Crippen LogP contribution in [0.25, 0.3) is 21.9 Å². The number of carbonyl (C=O) groups is 1. The topological polar surface area (TPSA) is 52.6 Å². The molecule has 0 saturated heterocycles. The van der Waals surface area contributed by atoms with E-state index < -0.39 is 6.10 Å². The molecule has 0 spiro atoms. The van der Waals surface area contributed by atoms with Crippen LogP contribution in [0.2, 0.25) is 0 Å². The lowest BCUT2D eigenvalue weighted by Gasteiger charge is -2.29. The molecule has 0 bridgehead atoms. The van der Waals surface area contributed by atoms with Gasteiger partial charge in [-0.25, -0.2) is 4.31 Å². The fourth-order valence-electron chi connectivity index (χ4n) is 4.78. The fraction of sp³-hybridized carbons (Fsp3) is 0.303. The minimum absolute atomic E-state index is 0. The Bertz CT molecular complexity index is 1390. The van der Waals surface area contributed by atoms with Crippen LogP contribution in [-0.4, -0.2) is 47.0 Å². The van der Waals surface area contributed by atoms with Crippen molar-refractivity contribution in [3.63, 3.8) is 0 Å². The number of carbonyl (C=O) groups excluding carboxylic acids is 1. The summed E-state index contributed by atoms with van der Waals surface area (Å²) in [6.45, 7) is 7.29. The number of aliphatic hydroxyl groups excluding tert-OH is 1. The van der Waals surface area contributed by atoms with Crippen molar-refractivity contribution in [1.29, 1.82) is 0 Å². The second-order valence-electron chi connectivity index (χ2n) is 10.5. The van der Waals surface area contributed by atoms with E-state index in [2.05, 4.69) is 78.1 Å². The number of hydrogen-bond acceptors (Lipinski definition) is 5. The number of Topliss-reactive ketones (excluding diaryl/α,β-unsaturated/α-hetero) is 1. The summed E-state index contributed by atoms with van der Waals surface area (Å²) in [5, 5.41) is 16.8. The number of β-amino-alcohol motifs (C(OH)–C–C–N with tert-alkyl or cyclic N) is 1. The third-order valence-corrected chi connectivity index (χ3v) is 7.62. The van der Waals surface area contributed by atoms with Crippen LogP contribution >= 0.6 is 21.8 Å². The van der Waals surface area contributed by atoms with Gasteiger partial charge in [-0.05, 0) is 78.9 Å². The van der Waals surface area contributed by atoms with E-state index in [9.17, 15) is 9.90 Å². The number of benzene rings is 4. The number of rotatable bonds is 12. The van der Waals surface area contributed by atoms with E-state index in [4.69, 9.17) is 0 Å². The van der Waals surface area contributed by atoms with Gasteiger partial charge in [0.25, 0.3) is 0 Å². The highest BCUT2D eigenvalue weighted by Crippen LogP contribution is 2.30. The van der Waals surface area contributed by atoms with E-state index in [1.165, 1.54) is 16.3 Å². The summed E-state index contributed by atoms with van der Waals surface area (Å²) >= 11 is 1.60. The maximum atomic E-state index is 12.4. The molecule has 6 heteroatoms. The fourth-order valence-corrected chi connectivity index (χ4v) is 5.71. The summed E-state index contributed by atoms with van der Waals surface area (Å²) in [6, 6.07) is 31.1. The Hall–Kier alpha value is -2.53. The first-order chi connectivity index (χ1) is 18.2. The van der Waals surface area contributed by atoms with Crippen molar-refractivity contribution in [3.8, 4) is 11.1 Å². The smallest absolute Gasteiger partial charge is 0.163 e. The zero-order chi connectivity index (χ0) is 27.1. The van der Waals surface area contributed by atoms with Crippen LogP contribution in [0.15, 0.2) is 95.9 Å². The van der Waals surface area contributed by atoms with Crippen LogP contribution < -0.4 is 5.32 Å². The van der Waals surface area contributed by atoms with Crippen molar-refractivity contribution in [2.24, 2.45) is 0 Å². The van der Waals surface area contributed by atoms with Crippen LogP contribution in [0.3, 0.4) is 0 Å². The monoisotopic (exact) mass is 560 g/mol. The Morgan fingerprint density at radius 1 is 0.949 bits per heavy atom. The summed E-state index contributed by atoms with van der Waals surface area (Å²) in [4.78, 5) is 13.5. The molecule has 0 fully saturated rings. The van der Waals surface area contributed by atoms with E-state index in [-0.39, 0.29) is 21.2 Å². The largest absolute Gasteiger partial charge is 0.390 e. The Balaban J connectivity index is 0.00000420. The highest BCUT2D eigenvalue weighted by molar-refractivity contribution is 7.97. The summed E-state index contributed by atoms with van der Waals surface area (Å²) in [5.41, 5.74) is 3.89. The average Bonchev–Trinajstić information content (AvgIpc) is 2.91. The maximum Gasteiger partial charge on any atom is 0.163 e. The van der Waals surface area contributed by atoms with Gasteiger partial charge in [-0.3, -0.25) is 4.79 Å². The molecule has 0 saturated carbocycles. The predicted molar refractivity (Wildman–Crippen MR) is 172 cm³/mol. The number of nitrogens with one attached hydrogen (secondary N) is 1. The van der Waals surface area contributed by atoms with Crippen molar-refractivity contribution in [2.75, 3.05) is 20.1 Å². The maximum absolute atomic E-state index is 12.4. The molecule has 0 aromatic heterocycles. The van der Waals surface area contributed by atoms with Crippen molar-refractivity contribution in [1.82, 2.24) is 9.62 Å². The Kier molecular flexibility index (Phi) is 11.3. The van der Waals surface area contributed by atoms with Crippen LogP contribution in [0.5, 0.6) is 0 Å². The highest BCUT2D eigenvalue weighted by Gasteiger charge is 2.20. The molecule has 0 amide bonds. The standard InChI is InChI=1S/C33H38N2O2S.H3P/c1-5-32(37)31-16-9-8-15-30(31)27-13-10-14-29(20-27)38-35(4)23-28(36)22-34-33(2,3)21-24-17-18-25-11-6-7-12-26(25)19-24;/h6-20,28,34,36H,5,21-23H2,1-4H3;1H3. The number of ketones is 1. The quantitative estimate of drug-likeness (QED) is 0.110. The summed E-state index contributed by atoms with van der Waals surface area (Å²) < 4.78 is 2.06. The minimum Gasteiger partial charge on any atom is -0.390 e. The molecule has 0 aliphatic heterocycles. The Morgan fingerprint density at radius 3 is 2.44 bits per heavy atom. The lowest BCUT2D eigenvalue weighted by molar-refractivity contribution is 0.0988. The van der Waals surface area contributed by atoms with Gasteiger partial charge >= 0.3 is 0 Å². The van der Waals surface area contributed by atoms with Crippen molar-refractivity contribution in [3.05, 3.63) is 102 Å². The molecule has 2 unspecified atom stereocenters. The lowest BCUT2D eigenvalue weighted by atomic mass is 9.93. The van der Waals surface area contributed by atoms with Crippen molar-refractivity contribution < 1.29 is 9.90 Å². The van der Waals surface area contributed by atoms with E-state index in [1.54, 1.807) is 11.9 Å². The number of nitrogens with zero attached hydrogens (tertiary/aromatic N) is 1. The van der Waals surface area contributed by atoms with Gasteiger partial charge in [0.1, 0.15) is 0 Å². The zero-order valence-corrected chi connectivity index (χ0v) is 25.7. The van der Waals surface area contributed by atoms with Crippen LogP contribution in [0.1, 0.15) is 43.1 Å². The first-order valence-corrected chi connectivity index (χ1v) is 14.0. The Labute approximate surface area is 241 Å². The lowest BCUT2D eigenvalue weighted by Crippen LogP contribution is -2.46. The van der Waals surface area contributed by atoms with E-state index in [1.807, 2.05) is 50.4 Å². The van der Waals surface area contributed by atoms with Gasteiger partial charge in [-0.1, -0.05) is 85.8 Å². The van der Waals surface area contributed by atoms with E-state index in [0.29, 0.717) is 19.5 Å². The number of hydrogen-bond donors (Lipinski definition) is 2. The van der Waals surface area contributed by atoms with Gasteiger partial charge in [0.15, 0.2) is 5.78 Å². The normalized spacial score (nSPS) is 12.4. The molecule has 4 aromatic carbocycles. The third kappa shape index (κ3) is 8.73. The molecule has 0 radical (unpaired) electrons. The molecule has 4 rings (SSSR count). The molecule has 206 valence electrons. The first-order valence-electron chi connectivity index (χ1n) is 13.3. The SMILES string of the molecule is CCC(=O)c1ccccc1-c1cccc(SN(C)CC(O)CNC(C)(C)Cc2ccc3ccccc3c2)c1.P. The Morgan fingerprint density at radius 2 is 1.67 bits per heavy atom. The van der Waals surface area contributed by atoms with E-state index >= 15 is 0 Å². The molecule has 39 heavy (non-hydrogen) atoms. The van der Waals surface area contributed by atoms with Crippen LogP contribution in [0.4, 0.5) is 0 Å². The van der Waals surface area contributed by atoms with E-state index in [0.717, 1.165) is 28.0 Å². The predicted octanol–water partition coefficient (Wildman–Crippen LogP) is 7.07. The molecule has 0 aliphatic rings. The first kappa shape index (κ1) is 31.0. The molecular weight excluding hydrogens is 519 g/mol. The van der Waals surface area contributed by atoms with Gasteiger partial charge in [0, 0.05) is 35.5 Å². The number of likely N-dealkylation sites (N-methyl/N-ethyl adjacent to an activating group) is 1. The molecule has 4 nitrogen and oxygen atoms in total. The van der Waals surface area contributed by atoms with Crippen LogP contribution in [-0.2, 0) is 6.42 Å². The molecule has 0 aliphatic carbocycles. The minimum atomic E-state index is -0.505. The second-order valence-corrected chi connectivity index (χ2v) is 11.8. The third-order valence-electron chi connectivity index (χ3n) is 6.70. The molecule has 0 heterocycles. The van der Waals surface area contributed by atoms with Crippen LogP contribution in [0, 0.1) is 0 Å². The molecular formula is C33H41N2O2PS. The second kappa shape index (κ2) is 14.2. The van der Waals surface area contributed by atoms with Crippen molar-refractivity contribution in [2.45, 2.75) is 50.2 Å². The molecule has 4 aromatic rings. The van der Waals surface area contributed by atoms with Gasteiger partial charge in [-0.2, -0.15) is 9.90 Å². The average molecular weight is 561 g/mol. The van der Waals surface area contributed by atoms with Gasteiger partial charge in [0.2, 0.25) is 0 Å². The summed E-state index contributed by atoms with van der Waals surface area (Å²) in [7, 11) is 2.00. The number of aliphatic hydroxyl groups is 1. The van der Waals surface area contributed by atoms with Gasteiger partial charge < -0.3 is 10.4 Å². The number of fused-ring (bicyclic) bond motifs is 1. The summed E-state index contributed by atoms with van der Waals surface area (Å²) in [5.74, 6) is 0.148. The highest BCUT2D eigenvalue weighted by atomic mass is 32.2. The zero-order valence-electron chi connectivity index (χ0n) is 23.5. The van der Waals surface area contributed by atoms with Gasteiger partial charge in [-0.15, -0.1) is 0 Å². The van der Waals surface area contributed by atoms with Crippen molar-refractivity contribution >= 4 is 38.4 Å².